The molecule has 3 atom stereocenters. The molecule has 0 bridgehead atoms. The van der Waals surface area contributed by atoms with Crippen molar-refractivity contribution < 1.29 is 9.53 Å². The molecule has 2 fully saturated rings. The summed E-state index contributed by atoms with van der Waals surface area (Å²) in [5.74, 6) is 0. The fourth-order valence-electron chi connectivity index (χ4n) is 4.55. The van der Waals surface area contributed by atoms with E-state index in [-0.39, 0.29) is 24.3 Å². The van der Waals surface area contributed by atoms with Gasteiger partial charge in [-0.3, -0.25) is 0 Å². The molecule has 0 aliphatic carbocycles. The lowest BCUT2D eigenvalue weighted by molar-refractivity contribution is -0.00517. The lowest BCUT2D eigenvalue weighted by atomic mass is 10.1. The standard InChI is InChI=1S/C22H30N4O2/c1-16-14-25(15-17(2)28-16)19-9-5-4-8-18(19)23-22(27)26-13-7-11-21(26)20-10-6-12-24(20)3/h4-6,8-10,12,16-17,21H,7,11,13-15H2,1-3H3,(H,23,27)/t16-,17+,21-/m1/s1. The molecule has 2 aliphatic heterocycles. The second kappa shape index (κ2) is 7.87. The zero-order valence-electron chi connectivity index (χ0n) is 17.0. The second-order valence-electron chi connectivity index (χ2n) is 8.00. The van der Waals surface area contributed by atoms with Gasteiger partial charge < -0.3 is 24.4 Å². The first kappa shape index (κ1) is 18.9. The maximum Gasteiger partial charge on any atom is 0.322 e. The number of urea groups is 1. The van der Waals surface area contributed by atoms with Crippen LogP contribution in [0.15, 0.2) is 42.6 Å². The number of morpholine rings is 1. The van der Waals surface area contributed by atoms with Gasteiger partial charge in [-0.1, -0.05) is 12.1 Å². The number of amides is 2. The van der Waals surface area contributed by atoms with Gasteiger partial charge >= 0.3 is 6.03 Å². The minimum absolute atomic E-state index is 0.0227. The molecule has 0 unspecified atom stereocenters. The summed E-state index contributed by atoms with van der Waals surface area (Å²) in [7, 11) is 2.04. The highest BCUT2D eigenvalue weighted by molar-refractivity contribution is 5.93. The number of carbonyl (C=O) groups excluding carboxylic acids is 1. The molecular weight excluding hydrogens is 352 g/mol. The SMILES string of the molecule is C[C@@H]1CN(c2ccccc2NC(=O)N2CCC[C@@H]2c2cccn2C)C[C@H](C)O1. The van der Waals surface area contributed by atoms with Gasteiger partial charge in [-0.2, -0.15) is 0 Å². The van der Waals surface area contributed by atoms with Crippen LogP contribution in [0.3, 0.4) is 0 Å². The third-order valence-corrected chi connectivity index (χ3v) is 5.74. The number of nitrogens with zero attached hydrogens (tertiary/aromatic N) is 3. The van der Waals surface area contributed by atoms with Crippen molar-refractivity contribution in [2.45, 2.75) is 44.9 Å². The molecule has 2 aromatic rings. The van der Waals surface area contributed by atoms with E-state index in [1.807, 2.05) is 42.4 Å². The minimum Gasteiger partial charge on any atom is -0.372 e. The predicted octanol–water partition coefficient (Wildman–Crippen LogP) is 4.01. The number of aromatic nitrogens is 1. The van der Waals surface area contributed by atoms with Crippen molar-refractivity contribution in [2.24, 2.45) is 7.05 Å². The van der Waals surface area contributed by atoms with E-state index in [0.29, 0.717) is 0 Å². The van der Waals surface area contributed by atoms with Gasteiger partial charge in [0, 0.05) is 38.6 Å². The molecule has 0 spiro atoms. The van der Waals surface area contributed by atoms with Crippen LogP contribution in [0.1, 0.15) is 38.4 Å². The van der Waals surface area contributed by atoms with Gasteiger partial charge in [0.1, 0.15) is 0 Å². The summed E-state index contributed by atoms with van der Waals surface area (Å²) >= 11 is 0. The molecule has 2 saturated heterocycles. The average molecular weight is 383 g/mol. The molecule has 6 nitrogen and oxygen atoms in total. The quantitative estimate of drug-likeness (QED) is 0.873. The van der Waals surface area contributed by atoms with E-state index in [0.717, 1.165) is 43.9 Å². The van der Waals surface area contributed by atoms with E-state index in [2.05, 4.69) is 40.8 Å². The maximum atomic E-state index is 13.2. The van der Waals surface area contributed by atoms with Crippen LogP contribution in [-0.4, -0.2) is 47.3 Å². The van der Waals surface area contributed by atoms with Crippen LogP contribution < -0.4 is 10.2 Å². The Labute approximate surface area is 167 Å². The molecule has 3 heterocycles. The molecule has 1 aromatic carbocycles. The van der Waals surface area contributed by atoms with Gasteiger partial charge in [0.05, 0.1) is 29.6 Å². The van der Waals surface area contributed by atoms with Gasteiger partial charge in [0.2, 0.25) is 0 Å². The molecule has 2 aliphatic rings. The van der Waals surface area contributed by atoms with Crippen LogP contribution in [-0.2, 0) is 11.8 Å². The number of likely N-dealkylation sites (tertiary alicyclic amines) is 1. The van der Waals surface area contributed by atoms with Crippen molar-refractivity contribution in [3.8, 4) is 0 Å². The van der Waals surface area contributed by atoms with Gasteiger partial charge in [-0.05, 0) is 51.0 Å². The summed E-state index contributed by atoms with van der Waals surface area (Å²) in [5, 5.41) is 3.19. The van der Waals surface area contributed by atoms with Crippen LogP contribution in [0, 0.1) is 0 Å². The summed E-state index contributed by atoms with van der Waals surface area (Å²) in [5.41, 5.74) is 3.12. The second-order valence-corrected chi connectivity index (χ2v) is 8.00. The maximum absolute atomic E-state index is 13.2. The summed E-state index contributed by atoms with van der Waals surface area (Å²) in [4.78, 5) is 17.4. The summed E-state index contributed by atoms with van der Waals surface area (Å²) in [6.45, 7) is 6.63. The topological polar surface area (TPSA) is 49.7 Å². The van der Waals surface area contributed by atoms with Gasteiger partial charge in [-0.25, -0.2) is 4.79 Å². The van der Waals surface area contributed by atoms with Crippen molar-refractivity contribution in [2.75, 3.05) is 29.9 Å². The van der Waals surface area contributed by atoms with Crippen LogP contribution in [0.2, 0.25) is 0 Å². The minimum atomic E-state index is -0.0227. The van der Waals surface area contributed by atoms with E-state index < -0.39 is 0 Å². The lowest BCUT2D eigenvalue weighted by Crippen LogP contribution is -2.46. The van der Waals surface area contributed by atoms with Crippen molar-refractivity contribution in [1.29, 1.82) is 0 Å². The highest BCUT2D eigenvalue weighted by Crippen LogP contribution is 2.34. The molecule has 1 aromatic heterocycles. The zero-order chi connectivity index (χ0) is 19.7. The number of hydrogen-bond acceptors (Lipinski definition) is 3. The molecular formula is C22H30N4O2. The molecule has 4 rings (SSSR count). The van der Waals surface area contributed by atoms with Crippen molar-refractivity contribution >= 4 is 17.4 Å². The fraction of sp³-hybridized carbons (Fsp3) is 0.500. The molecule has 6 heteroatoms. The number of para-hydroxylation sites is 2. The normalized spacial score (nSPS) is 25.2. The van der Waals surface area contributed by atoms with Crippen LogP contribution in [0.5, 0.6) is 0 Å². The first-order valence-electron chi connectivity index (χ1n) is 10.2. The van der Waals surface area contributed by atoms with Crippen LogP contribution in [0.25, 0.3) is 0 Å². The van der Waals surface area contributed by atoms with Crippen molar-refractivity contribution in [1.82, 2.24) is 9.47 Å². The number of hydrogen-bond donors (Lipinski definition) is 1. The number of benzene rings is 1. The molecule has 28 heavy (non-hydrogen) atoms. The zero-order valence-corrected chi connectivity index (χ0v) is 17.0. The van der Waals surface area contributed by atoms with E-state index in [4.69, 9.17) is 4.74 Å². The summed E-state index contributed by atoms with van der Waals surface area (Å²) in [6.07, 6.45) is 4.43. The highest BCUT2D eigenvalue weighted by atomic mass is 16.5. The van der Waals surface area contributed by atoms with Crippen molar-refractivity contribution in [3.63, 3.8) is 0 Å². The van der Waals surface area contributed by atoms with Crippen molar-refractivity contribution in [3.05, 3.63) is 48.3 Å². The Bertz CT molecular complexity index is 823. The third kappa shape index (κ3) is 3.74. The Morgan fingerprint density at radius 3 is 2.57 bits per heavy atom. The predicted molar refractivity (Wildman–Crippen MR) is 112 cm³/mol. The molecule has 0 saturated carbocycles. The Morgan fingerprint density at radius 1 is 1.11 bits per heavy atom. The number of carbonyl (C=O) groups is 1. The molecule has 0 radical (unpaired) electrons. The van der Waals surface area contributed by atoms with Crippen LogP contribution in [0.4, 0.5) is 16.2 Å². The molecule has 150 valence electrons. The van der Waals surface area contributed by atoms with Gasteiger partial charge in [0.25, 0.3) is 0 Å². The lowest BCUT2D eigenvalue weighted by Gasteiger charge is -2.38. The summed E-state index contributed by atoms with van der Waals surface area (Å²) < 4.78 is 7.98. The smallest absolute Gasteiger partial charge is 0.322 e. The van der Waals surface area contributed by atoms with Crippen LogP contribution >= 0.6 is 0 Å². The number of rotatable bonds is 3. The van der Waals surface area contributed by atoms with E-state index in [1.54, 1.807) is 0 Å². The van der Waals surface area contributed by atoms with Gasteiger partial charge in [-0.15, -0.1) is 0 Å². The third-order valence-electron chi connectivity index (χ3n) is 5.74. The Balaban J connectivity index is 1.53. The fourth-order valence-corrected chi connectivity index (χ4v) is 4.55. The Kier molecular flexibility index (Phi) is 5.31. The molecule has 1 N–H and O–H groups in total. The highest BCUT2D eigenvalue weighted by Gasteiger charge is 2.32. The largest absolute Gasteiger partial charge is 0.372 e. The van der Waals surface area contributed by atoms with E-state index in [1.165, 1.54) is 5.69 Å². The number of nitrogens with one attached hydrogen (secondary N) is 1. The van der Waals surface area contributed by atoms with E-state index in [9.17, 15) is 4.79 Å². The monoisotopic (exact) mass is 382 g/mol. The Morgan fingerprint density at radius 2 is 1.86 bits per heavy atom. The summed E-state index contributed by atoms with van der Waals surface area (Å²) in [6, 6.07) is 12.3. The van der Waals surface area contributed by atoms with Gasteiger partial charge in [0.15, 0.2) is 0 Å². The first-order chi connectivity index (χ1) is 13.5. The Hall–Kier alpha value is -2.47. The average Bonchev–Trinajstić information content (AvgIpc) is 3.29. The van der Waals surface area contributed by atoms with E-state index >= 15 is 0 Å². The number of ether oxygens (including phenoxy) is 1. The first-order valence-corrected chi connectivity index (χ1v) is 10.2. The number of aryl methyl sites for hydroxylation is 1. The molecule has 2 amide bonds. The number of anilines is 2.